The molecule has 0 spiro atoms. The van der Waals surface area contributed by atoms with E-state index in [1.807, 2.05) is 0 Å². The minimum Gasteiger partial charge on any atom is -0.463 e. The van der Waals surface area contributed by atoms with Crippen LogP contribution in [0.4, 0.5) is 5.69 Å². The first kappa shape index (κ1) is 19.6. The van der Waals surface area contributed by atoms with Crippen LogP contribution in [-0.4, -0.2) is 26.2 Å². The van der Waals surface area contributed by atoms with Gasteiger partial charge in [-0.25, -0.2) is 4.79 Å². The smallest absolute Gasteiger partial charge is 0.330 e. The monoisotopic (exact) mass is 375 g/mol. The van der Waals surface area contributed by atoms with Crippen molar-refractivity contribution in [3.8, 4) is 0 Å². The van der Waals surface area contributed by atoms with Crippen LogP contribution >= 0.6 is 23.6 Å². The summed E-state index contributed by atoms with van der Waals surface area (Å²) in [4.78, 5) is 13.2. The summed E-state index contributed by atoms with van der Waals surface area (Å²) in [5, 5.41) is 1.27. The summed E-state index contributed by atoms with van der Waals surface area (Å²) in [7, 11) is 2.13. The zero-order valence-electron chi connectivity index (χ0n) is 14.7. The molecule has 0 aliphatic rings. The molecule has 0 amide bonds. The van der Waals surface area contributed by atoms with Crippen LogP contribution in [0, 0.1) is 3.82 Å². The third-order valence-electron chi connectivity index (χ3n) is 4.09. The average Bonchev–Trinajstić information content (AvgIpc) is 2.62. The first-order valence-corrected chi connectivity index (χ1v) is 9.87. The standard InChI is InChI=1S/C20H25NO2S2/c1-3-19(22)23-14-10-6-4-5-9-13-21(2)17-15-20(24)25-18-12-8-7-11-16(17)18/h3,7-8,11-12,15H,1,4-6,9-10,13-14H2,2H3. The lowest BCUT2D eigenvalue weighted by Crippen LogP contribution is -2.18. The minimum atomic E-state index is -0.334. The summed E-state index contributed by atoms with van der Waals surface area (Å²) in [6.45, 7) is 4.88. The average molecular weight is 376 g/mol. The van der Waals surface area contributed by atoms with Crippen LogP contribution in [0.15, 0.2) is 43.0 Å². The van der Waals surface area contributed by atoms with Gasteiger partial charge in [0.1, 0.15) is 0 Å². The van der Waals surface area contributed by atoms with Crippen molar-refractivity contribution in [2.45, 2.75) is 32.1 Å². The quantitative estimate of drug-likeness (QED) is 0.229. The van der Waals surface area contributed by atoms with E-state index in [4.69, 9.17) is 17.0 Å². The number of nitrogens with zero attached hydrogens (tertiary/aromatic N) is 1. The highest BCUT2D eigenvalue weighted by Crippen LogP contribution is 2.30. The number of carbonyl (C=O) groups excluding carboxylic acids is 1. The zero-order chi connectivity index (χ0) is 18.1. The van der Waals surface area contributed by atoms with Crippen molar-refractivity contribution < 1.29 is 9.53 Å². The van der Waals surface area contributed by atoms with Crippen LogP contribution in [0.25, 0.3) is 10.1 Å². The molecular formula is C20H25NO2S2. The number of carbonyl (C=O) groups is 1. The minimum absolute atomic E-state index is 0.334. The predicted octanol–water partition coefficient (Wildman–Crippen LogP) is 5.75. The fraction of sp³-hybridized carbons (Fsp3) is 0.400. The molecule has 0 unspecified atom stereocenters. The topological polar surface area (TPSA) is 29.5 Å². The van der Waals surface area contributed by atoms with Crippen molar-refractivity contribution in [1.29, 1.82) is 0 Å². The zero-order valence-corrected chi connectivity index (χ0v) is 16.3. The Hall–Kier alpha value is -1.72. The second kappa shape index (κ2) is 10.3. The predicted molar refractivity (Wildman–Crippen MR) is 110 cm³/mol. The molecule has 0 radical (unpaired) electrons. The highest BCUT2D eigenvalue weighted by Gasteiger charge is 2.07. The van der Waals surface area contributed by atoms with Crippen LogP contribution in [0.1, 0.15) is 32.1 Å². The molecule has 0 atom stereocenters. The van der Waals surface area contributed by atoms with Gasteiger partial charge < -0.3 is 9.64 Å². The summed E-state index contributed by atoms with van der Waals surface area (Å²) in [6, 6.07) is 10.5. The molecule has 1 heterocycles. The van der Waals surface area contributed by atoms with Crippen molar-refractivity contribution >= 4 is 45.3 Å². The number of benzene rings is 1. The first-order chi connectivity index (χ1) is 12.1. The second-order valence-corrected chi connectivity index (χ2v) is 7.79. The van der Waals surface area contributed by atoms with Crippen LogP contribution in [0.5, 0.6) is 0 Å². The Morgan fingerprint density at radius 3 is 2.76 bits per heavy atom. The van der Waals surface area contributed by atoms with Gasteiger partial charge in [-0.1, -0.05) is 56.3 Å². The molecule has 0 N–H and O–H groups in total. The maximum atomic E-state index is 10.9. The van der Waals surface area contributed by atoms with Gasteiger partial charge in [-0.15, -0.1) is 11.3 Å². The number of esters is 1. The molecule has 25 heavy (non-hydrogen) atoms. The van der Waals surface area contributed by atoms with E-state index in [-0.39, 0.29) is 5.97 Å². The van der Waals surface area contributed by atoms with Gasteiger partial charge in [0, 0.05) is 35.4 Å². The number of hydrogen-bond acceptors (Lipinski definition) is 5. The van der Waals surface area contributed by atoms with Gasteiger partial charge in [0.15, 0.2) is 0 Å². The van der Waals surface area contributed by atoms with Gasteiger partial charge in [0.05, 0.1) is 10.4 Å². The third-order valence-corrected chi connectivity index (χ3v) is 5.35. The van der Waals surface area contributed by atoms with Crippen molar-refractivity contribution in [3.63, 3.8) is 0 Å². The third kappa shape index (κ3) is 6.25. The highest BCUT2D eigenvalue weighted by molar-refractivity contribution is 7.73. The van der Waals surface area contributed by atoms with E-state index >= 15 is 0 Å². The van der Waals surface area contributed by atoms with E-state index in [0.29, 0.717) is 6.61 Å². The Bertz CT molecular complexity index is 770. The van der Waals surface area contributed by atoms with Crippen molar-refractivity contribution in [2.75, 3.05) is 25.1 Å². The molecule has 1 aromatic carbocycles. The van der Waals surface area contributed by atoms with Crippen LogP contribution < -0.4 is 4.90 Å². The van der Waals surface area contributed by atoms with E-state index in [1.165, 1.54) is 28.3 Å². The molecule has 0 aliphatic heterocycles. The molecule has 0 fully saturated rings. The molecule has 3 nitrogen and oxygen atoms in total. The lowest BCUT2D eigenvalue weighted by Gasteiger charge is -2.21. The maximum Gasteiger partial charge on any atom is 0.330 e. The number of hydrogen-bond donors (Lipinski definition) is 0. The molecule has 2 aromatic rings. The SMILES string of the molecule is C=CC(=O)OCCCCCCCN(C)c1cc(=S)sc2ccccc12. The van der Waals surface area contributed by atoms with Gasteiger partial charge in [0.25, 0.3) is 0 Å². The van der Waals surface area contributed by atoms with Crippen molar-refractivity contribution in [1.82, 2.24) is 0 Å². The number of anilines is 1. The number of unbranched alkanes of at least 4 members (excludes halogenated alkanes) is 4. The largest absolute Gasteiger partial charge is 0.463 e. The highest BCUT2D eigenvalue weighted by atomic mass is 32.1. The normalized spacial score (nSPS) is 10.6. The van der Waals surface area contributed by atoms with E-state index in [1.54, 1.807) is 11.3 Å². The van der Waals surface area contributed by atoms with E-state index in [9.17, 15) is 4.79 Å². The Labute approximate surface area is 158 Å². The van der Waals surface area contributed by atoms with Gasteiger partial charge in [0.2, 0.25) is 0 Å². The Kier molecular flexibility index (Phi) is 8.09. The molecule has 1 aromatic heterocycles. The Balaban J connectivity index is 1.74. The van der Waals surface area contributed by atoms with Crippen molar-refractivity contribution in [3.05, 3.63) is 46.8 Å². The molecule has 2 rings (SSSR count). The Morgan fingerprint density at radius 1 is 1.24 bits per heavy atom. The summed E-state index contributed by atoms with van der Waals surface area (Å²) in [5.41, 5.74) is 1.22. The molecular weight excluding hydrogens is 350 g/mol. The Morgan fingerprint density at radius 2 is 1.96 bits per heavy atom. The molecule has 0 bridgehead atoms. The van der Waals surface area contributed by atoms with Gasteiger partial charge >= 0.3 is 5.97 Å². The van der Waals surface area contributed by atoms with Crippen LogP contribution in [0.3, 0.4) is 0 Å². The number of rotatable bonds is 10. The second-order valence-electron chi connectivity index (χ2n) is 6.01. The molecule has 0 saturated carbocycles. The number of fused-ring (bicyclic) bond motifs is 1. The van der Waals surface area contributed by atoms with E-state index < -0.39 is 0 Å². The van der Waals surface area contributed by atoms with Crippen LogP contribution in [0.2, 0.25) is 0 Å². The summed E-state index contributed by atoms with van der Waals surface area (Å²) in [6.07, 6.45) is 6.68. The number of ether oxygens (including phenoxy) is 1. The summed E-state index contributed by atoms with van der Waals surface area (Å²) >= 11 is 7.08. The van der Waals surface area contributed by atoms with E-state index in [2.05, 4.69) is 48.9 Å². The molecule has 0 aliphatic carbocycles. The van der Waals surface area contributed by atoms with E-state index in [0.717, 1.165) is 36.1 Å². The van der Waals surface area contributed by atoms with Crippen molar-refractivity contribution in [2.24, 2.45) is 0 Å². The fourth-order valence-electron chi connectivity index (χ4n) is 2.74. The molecule has 134 valence electrons. The lowest BCUT2D eigenvalue weighted by atomic mass is 10.1. The summed E-state index contributed by atoms with van der Waals surface area (Å²) in [5.74, 6) is -0.334. The maximum absolute atomic E-state index is 10.9. The first-order valence-electron chi connectivity index (χ1n) is 8.65. The van der Waals surface area contributed by atoms with Gasteiger partial charge in [-0.05, 0) is 25.0 Å². The molecule has 5 heteroatoms. The molecule has 0 saturated heterocycles. The van der Waals surface area contributed by atoms with Gasteiger partial charge in [-0.2, -0.15) is 0 Å². The van der Waals surface area contributed by atoms with Gasteiger partial charge in [-0.3, -0.25) is 0 Å². The fourth-order valence-corrected chi connectivity index (χ4v) is 3.94. The lowest BCUT2D eigenvalue weighted by molar-refractivity contribution is -0.137. The summed E-state index contributed by atoms with van der Waals surface area (Å²) < 4.78 is 7.14. The van der Waals surface area contributed by atoms with Crippen LogP contribution in [-0.2, 0) is 9.53 Å².